The van der Waals surface area contributed by atoms with E-state index in [4.69, 9.17) is 4.74 Å². The summed E-state index contributed by atoms with van der Waals surface area (Å²) in [5.41, 5.74) is 0.917. The molecule has 1 N–H and O–H groups in total. The molecule has 2 aromatic carbocycles. The molecule has 23 heavy (non-hydrogen) atoms. The van der Waals surface area contributed by atoms with Gasteiger partial charge in [0.2, 0.25) is 0 Å². The van der Waals surface area contributed by atoms with Gasteiger partial charge in [-0.2, -0.15) is 5.11 Å². The fourth-order valence-electron chi connectivity index (χ4n) is 1.86. The second-order valence-electron chi connectivity index (χ2n) is 4.51. The molecule has 0 unspecified atom stereocenters. The van der Waals surface area contributed by atoms with E-state index in [1.807, 2.05) is 6.92 Å². The van der Waals surface area contributed by atoms with Gasteiger partial charge >= 0.3 is 0 Å². The minimum Gasteiger partial charge on any atom is -0.494 e. The van der Waals surface area contributed by atoms with Crippen molar-refractivity contribution in [2.24, 2.45) is 10.2 Å². The standard InChI is InChI=1S/C15H15FN4O3/c1-3-17-13-9-15(23-2)14(8-12(13)16)19-18-10-4-6-11(7-5-10)20(21)22/h4-9,17H,3H2,1-2H3. The molecular formula is C15H15FN4O3. The Balaban J connectivity index is 2.27. The Morgan fingerprint density at radius 2 is 1.96 bits per heavy atom. The number of hydrogen-bond donors (Lipinski definition) is 1. The Kier molecular flexibility index (Phi) is 5.19. The largest absolute Gasteiger partial charge is 0.494 e. The normalized spacial score (nSPS) is 10.7. The van der Waals surface area contributed by atoms with E-state index in [-0.39, 0.29) is 11.4 Å². The highest BCUT2D eigenvalue weighted by atomic mass is 19.1. The number of azo groups is 1. The van der Waals surface area contributed by atoms with Crippen LogP contribution >= 0.6 is 0 Å². The summed E-state index contributed by atoms with van der Waals surface area (Å²) in [4.78, 5) is 10.1. The zero-order valence-electron chi connectivity index (χ0n) is 12.6. The quantitative estimate of drug-likeness (QED) is 0.479. The SMILES string of the molecule is CCNc1cc(OC)c(N=Nc2ccc([N+](=O)[O-])cc2)cc1F. The van der Waals surface area contributed by atoms with Gasteiger partial charge in [0.1, 0.15) is 17.3 Å². The Morgan fingerprint density at radius 1 is 1.26 bits per heavy atom. The van der Waals surface area contributed by atoms with Crippen molar-refractivity contribution in [2.75, 3.05) is 19.0 Å². The molecule has 0 aliphatic rings. The maximum Gasteiger partial charge on any atom is 0.269 e. The summed E-state index contributed by atoms with van der Waals surface area (Å²) in [6.07, 6.45) is 0. The number of nitrogens with zero attached hydrogens (tertiary/aromatic N) is 3. The lowest BCUT2D eigenvalue weighted by atomic mass is 10.2. The molecule has 0 bridgehead atoms. The lowest BCUT2D eigenvalue weighted by Gasteiger charge is -2.09. The van der Waals surface area contributed by atoms with Crippen LogP contribution in [0.1, 0.15) is 6.92 Å². The average Bonchev–Trinajstić information content (AvgIpc) is 2.55. The van der Waals surface area contributed by atoms with Crippen LogP contribution in [-0.2, 0) is 0 Å². The van der Waals surface area contributed by atoms with Gasteiger partial charge in [-0.05, 0) is 19.1 Å². The number of hydrogen-bond acceptors (Lipinski definition) is 6. The van der Waals surface area contributed by atoms with Crippen molar-refractivity contribution >= 4 is 22.7 Å². The van der Waals surface area contributed by atoms with E-state index in [1.165, 1.54) is 43.5 Å². The first-order valence-corrected chi connectivity index (χ1v) is 6.82. The first-order chi connectivity index (χ1) is 11.0. The van der Waals surface area contributed by atoms with Gasteiger partial charge in [0.25, 0.3) is 5.69 Å². The minimum absolute atomic E-state index is 0.0393. The lowest BCUT2D eigenvalue weighted by Crippen LogP contribution is -1.99. The molecule has 120 valence electrons. The third-order valence-electron chi connectivity index (χ3n) is 2.97. The molecule has 0 aromatic heterocycles. The molecule has 0 saturated carbocycles. The maximum atomic E-state index is 13.9. The van der Waals surface area contributed by atoms with E-state index < -0.39 is 10.7 Å². The molecule has 0 aliphatic heterocycles. The molecule has 0 atom stereocenters. The zero-order chi connectivity index (χ0) is 16.8. The molecule has 0 aliphatic carbocycles. The Morgan fingerprint density at radius 3 is 2.52 bits per heavy atom. The average molecular weight is 318 g/mol. The van der Waals surface area contributed by atoms with Crippen LogP contribution in [0.15, 0.2) is 46.6 Å². The topological polar surface area (TPSA) is 89.1 Å². The summed E-state index contributed by atoms with van der Waals surface area (Å²) in [6.45, 7) is 2.43. The minimum atomic E-state index is -0.501. The lowest BCUT2D eigenvalue weighted by molar-refractivity contribution is -0.384. The van der Waals surface area contributed by atoms with Crippen LogP contribution in [0, 0.1) is 15.9 Å². The molecule has 2 aromatic rings. The van der Waals surface area contributed by atoms with Gasteiger partial charge in [0, 0.05) is 30.8 Å². The van der Waals surface area contributed by atoms with Crippen LogP contribution in [0.25, 0.3) is 0 Å². The van der Waals surface area contributed by atoms with Gasteiger partial charge in [-0.15, -0.1) is 5.11 Å². The van der Waals surface area contributed by atoms with Crippen molar-refractivity contribution in [3.63, 3.8) is 0 Å². The van der Waals surface area contributed by atoms with Gasteiger partial charge in [0.15, 0.2) is 0 Å². The van der Waals surface area contributed by atoms with E-state index in [2.05, 4.69) is 15.5 Å². The van der Waals surface area contributed by atoms with E-state index in [0.717, 1.165) is 0 Å². The van der Waals surface area contributed by atoms with Gasteiger partial charge < -0.3 is 10.1 Å². The fourth-order valence-corrected chi connectivity index (χ4v) is 1.86. The van der Waals surface area contributed by atoms with E-state index in [0.29, 0.717) is 23.7 Å². The molecule has 7 nitrogen and oxygen atoms in total. The van der Waals surface area contributed by atoms with Crippen molar-refractivity contribution in [1.29, 1.82) is 0 Å². The Bertz CT molecular complexity index is 732. The Labute approximate surface area is 132 Å². The van der Waals surface area contributed by atoms with Gasteiger partial charge in [-0.3, -0.25) is 10.1 Å². The highest BCUT2D eigenvalue weighted by Crippen LogP contribution is 2.34. The predicted molar refractivity (Wildman–Crippen MR) is 84.4 cm³/mol. The molecule has 0 spiro atoms. The molecule has 0 heterocycles. The maximum absolute atomic E-state index is 13.9. The molecule has 0 fully saturated rings. The van der Waals surface area contributed by atoms with Crippen LogP contribution in [-0.4, -0.2) is 18.6 Å². The smallest absolute Gasteiger partial charge is 0.269 e. The third kappa shape index (κ3) is 4.00. The van der Waals surface area contributed by atoms with E-state index >= 15 is 0 Å². The van der Waals surface area contributed by atoms with Crippen molar-refractivity contribution in [3.8, 4) is 5.75 Å². The number of anilines is 1. The van der Waals surface area contributed by atoms with Crippen LogP contribution in [0.2, 0.25) is 0 Å². The number of non-ortho nitro benzene ring substituents is 1. The number of nitro benzene ring substituents is 1. The fraction of sp³-hybridized carbons (Fsp3) is 0.200. The summed E-state index contributed by atoms with van der Waals surface area (Å²) in [5.74, 6) is -0.0988. The summed E-state index contributed by atoms with van der Waals surface area (Å²) in [5, 5.41) is 21.3. The van der Waals surface area contributed by atoms with Crippen LogP contribution in [0.3, 0.4) is 0 Å². The summed E-state index contributed by atoms with van der Waals surface area (Å²) in [6, 6.07) is 8.27. The number of methoxy groups -OCH3 is 1. The van der Waals surface area contributed by atoms with Crippen molar-refractivity contribution in [2.45, 2.75) is 6.92 Å². The molecule has 8 heteroatoms. The molecule has 2 rings (SSSR count). The molecule has 0 radical (unpaired) electrons. The summed E-state index contributed by atoms with van der Waals surface area (Å²) < 4.78 is 19.1. The van der Waals surface area contributed by atoms with Crippen LogP contribution in [0.5, 0.6) is 5.75 Å². The second kappa shape index (κ2) is 7.30. The number of benzene rings is 2. The first-order valence-electron chi connectivity index (χ1n) is 6.82. The first kappa shape index (κ1) is 16.3. The van der Waals surface area contributed by atoms with Crippen molar-refractivity contribution in [1.82, 2.24) is 0 Å². The predicted octanol–water partition coefficient (Wildman–Crippen LogP) is 4.59. The van der Waals surface area contributed by atoms with E-state index in [9.17, 15) is 14.5 Å². The number of rotatable bonds is 6. The Hall–Kier alpha value is -3.03. The number of nitro groups is 1. The number of ether oxygens (including phenoxy) is 1. The van der Waals surface area contributed by atoms with Crippen LogP contribution < -0.4 is 10.1 Å². The summed E-state index contributed by atoms with van der Waals surface area (Å²) >= 11 is 0. The van der Waals surface area contributed by atoms with Gasteiger partial charge in [-0.25, -0.2) is 4.39 Å². The molecular weight excluding hydrogens is 303 g/mol. The summed E-state index contributed by atoms with van der Waals surface area (Å²) in [7, 11) is 1.45. The van der Waals surface area contributed by atoms with E-state index in [1.54, 1.807) is 0 Å². The second-order valence-corrected chi connectivity index (χ2v) is 4.51. The number of halogens is 1. The highest BCUT2D eigenvalue weighted by molar-refractivity contribution is 5.62. The monoisotopic (exact) mass is 318 g/mol. The van der Waals surface area contributed by atoms with Crippen LogP contribution in [0.4, 0.5) is 27.1 Å². The molecule has 0 saturated heterocycles. The third-order valence-corrected chi connectivity index (χ3v) is 2.97. The van der Waals surface area contributed by atoms with Crippen molar-refractivity contribution < 1.29 is 14.1 Å². The highest BCUT2D eigenvalue weighted by Gasteiger charge is 2.10. The zero-order valence-corrected chi connectivity index (χ0v) is 12.6. The number of nitrogens with one attached hydrogen (secondary N) is 1. The van der Waals surface area contributed by atoms with Crippen molar-refractivity contribution in [3.05, 3.63) is 52.3 Å². The van der Waals surface area contributed by atoms with Gasteiger partial charge in [-0.1, -0.05) is 0 Å². The van der Waals surface area contributed by atoms with Gasteiger partial charge in [0.05, 0.1) is 23.4 Å². The molecule has 0 amide bonds.